The van der Waals surface area contributed by atoms with Crippen molar-refractivity contribution < 1.29 is 9.59 Å². The summed E-state index contributed by atoms with van der Waals surface area (Å²) in [5.74, 6) is -0.0117. The Bertz CT molecular complexity index is 495. The van der Waals surface area contributed by atoms with Crippen molar-refractivity contribution in [2.45, 2.75) is 33.7 Å². The molecule has 0 unspecified atom stereocenters. The van der Waals surface area contributed by atoms with Gasteiger partial charge in [-0.1, -0.05) is 17.7 Å². The molecule has 1 aromatic carbocycles. The van der Waals surface area contributed by atoms with Gasteiger partial charge in [0.1, 0.15) is 0 Å². The maximum absolute atomic E-state index is 12.3. The van der Waals surface area contributed by atoms with Crippen LogP contribution in [0.15, 0.2) is 18.2 Å². The zero-order chi connectivity index (χ0) is 15.3. The number of ketones is 1. The van der Waals surface area contributed by atoms with Crippen LogP contribution in [-0.2, 0) is 4.79 Å². The van der Waals surface area contributed by atoms with Gasteiger partial charge in [0.2, 0.25) is 5.91 Å². The third-order valence-corrected chi connectivity index (χ3v) is 2.97. The van der Waals surface area contributed by atoms with E-state index in [-0.39, 0.29) is 30.8 Å². The van der Waals surface area contributed by atoms with E-state index in [1.165, 1.54) is 0 Å². The van der Waals surface area contributed by atoms with Crippen LogP contribution in [0.5, 0.6) is 0 Å². The molecule has 0 aliphatic carbocycles. The van der Waals surface area contributed by atoms with Gasteiger partial charge in [0.15, 0.2) is 5.78 Å². The second kappa shape index (κ2) is 7.20. The van der Waals surface area contributed by atoms with Gasteiger partial charge in [0.25, 0.3) is 0 Å². The van der Waals surface area contributed by atoms with E-state index in [4.69, 9.17) is 0 Å². The predicted molar refractivity (Wildman–Crippen MR) is 81.0 cm³/mol. The smallest absolute Gasteiger partial charge is 0.234 e. The number of carbonyl (C=O) groups is 2. The molecule has 0 fully saturated rings. The van der Waals surface area contributed by atoms with Crippen LogP contribution in [0.25, 0.3) is 0 Å². The number of carbonyl (C=O) groups excluding carboxylic acids is 2. The standard InChI is InChI=1S/C16H24N2O2/c1-11(2)17-16(20)10-18(5)9-15(19)14-8-12(3)6-7-13(14)4/h6-8,11H,9-10H2,1-5H3,(H,17,20). The summed E-state index contributed by atoms with van der Waals surface area (Å²) in [6.45, 7) is 8.21. The Labute approximate surface area is 121 Å². The molecule has 1 aromatic rings. The Hall–Kier alpha value is -1.68. The lowest BCUT2D eigenvalue weighted by Crippen LogP contribution is -2.40. The average Bonchev–Trinajstić information content (AvgIpc) is 2.30. The average molecular weight is 276 g/mol. The molecule has 0 aliphatic rings. The molecule has 110 valence electrons. The summed E-state index contributed by atoms with van der Waals surface area (Å²) in [7, 11) is 1.78. The fraction of sp³-hybridized carbons (Fsp3) is 0.500. The van der Waals surface area contributed by atoms with Gasteiger partial charge in [-0.2, -0.15) is 0 Å². The summed E-state index contributed by atoms with van der Waals surface area (Å²) >= 11 is 0. The van der Waals surface area contributed by atoms with Crippen molar-refractivity contribution in [2.24, 2.45) is 0 Å². The molecule has 0 radical (unpaired) electrons. The van der Waals surface area contributed by atoms with Gasteiger partial charge in [0.05, 0.1) is 13.1 Å². The number of likely N-dealkylation sites (N-methyl/N-ethyl adjacent to an activating group) is 1. The van der Waals surface area contributed by atoms with Gasteiger partial charge in [-0.05, 0) is 46.4 Å². The first-order chi connectivity index (χ1) is 9.29. The molecule has 0 heterocycles. The molecule has 1 N–H and O–H groups in total. The number of rotatable bonds is 6. The quantitative estimate of drug-likeness (QED) is 0.808. The summed E-state index contributed by atoms with van der Waals surface area (Å²) in [4.78, 5) is 25.6. The van der Waals surface area contributed by atoms with Crippen molar-refractivity contribution in [1.29, 1.82) is 0 Å². The number of hydrogen-bond donors (Lipinski definition) is 1. The van der Waals surface area contributed by atoms with Crippen molar-refractivity contribution in [3.05, 3.63) is 34.9 Å². The highest BCUT2D eigenvalue weighted by Gasteiger charge is 2.14. The van der Waals surface area contributed by atoms with Gasteiger partial charge in [-0.3, -0.25) is 14.5 Å². The maximum atomic E-state index is 12.3. The van der Waals surface area contributed by atoms with Crippen LogP contribution < -0.4 is 5.32 Å². The van der Waals surface area contributed by atoms with E-state index in [9.17, 15) is 9.59 Å². The van der Waals surface area contributed by atoms with E-state index in [0.29, 0.717) is 0 Å². The Morgan fingerprint density at radius 3 is 2.45 bits per heavy atom. The lowest BCUT2D eigenvalue weighted by atomic mass is 10.0. The van der Waals surface area contributed by atoms with Gasteiger partial charge in [-0.15, -0.1) is 0 Å². The third kappa shape index (κ3) is 5.13. The summed E-state index contributed by atoms with van der Waals surface area (Å²) in [6, 6.07) is 5.96. The van der Waals surface area contributed by atoms with Gasteiger partial charge < -0.3 is 5.32 Å². The molecule has 0 aromatic heterocycles. The molecule has 4 nitrogen and oxygen atoms in total. The summed E-state index contributed by atoms with van der Waals surface area (Å²) in [6.07, 6.45) is 0. The Morgan fingerprint density at radius 2 is 1.85 bits per heavy atom. The van der Waals surface area contributed by atoms with Crippen molar-refractivity contribution in [3.8, 4) is 0 Å². The lowest BCUT2D eigenvalue weighted by molar-refractivity contribution is -0.122. The highest BCUT2D eigenvalue weighted by molar-refractivity contribution is 5.99. The molecule has 0 saturated carbocycles. The number of benzene rings is 1. The van der Waals surface area contributed by atoms with Crippen LogP contribution in [0.1, 0.15) is 35.3 Å². The Morgan fingerprint density at radius 1 is 1.20 bits per heavy atom. The van der Waals surface area contributed by atoms with E-state index in [2.05, 4.69) is 5.32 Å². The van der Waals surface area contributed by atoms with E-state index < -0.39 is 0 Å². The molecule has 1 amide bonds. The van der Waals surface area contributed by atoms with E-state index >= 15 is 0 Å². The van der Waals surface area contributed by atoms with Crippen molar-refractivity contribution in [2.75, 3.05) is 20.1 Å². The number of nitrogens with zero attached hydrogens (tertiary/aromatic N) is 1. The zero-order valence-electron chi connectivity index (χ0n) is 13.0. The van der Waals surface area contributed by atoms with Gasteiger partial charge in [-0.25, -0.2) is 0 Å². The molecule has 0 spiro atoms. The summed E-state index contributed by atoms with van der Waals surface area (Å²) in [5.41, 5.74) is 2.78. The zero-order valence-corrected chi connectivity index (χ0v) is 13.0. The van der Waals surface area contributed by atoms with Crippen LogP contribution in [-0.4, -0.2) is 42.8 Å². The minimum absolute atomic E-state index is 0.0473. The van der Waals surface area contributed by atoms with Crippen LogP contribution >= 0.6 is 0 Å². The van der Waals surface area contributed by atoms with E-state index in [1.807, 2.05) is 45.9 Å². The topological polar surface area (TPSA) is 49.4 Å². The maximum Gasteiger partial charge on any atom is 0.234 e. The van der Waals surface area contributed by atoms with Crippen LogP contribution in [0.3, 0.4) is 0 Å². The Balaban J connectivity index is 2.61. The second-order valence-electron chi connectivity index (χ2n) is 5.64. The molecule has 1 rings (SSSR count). The number of nitrogens with one attached hydrogen (secondary N) is 1. The Kier molecular flexibility index (Phi) is 5.89. The molecule has 0 aliphatic heterocycles. The molecule has 20 heavy (non-hydrogen) atoms. The molecule has 0 saturated heterocycles. The summed E-state index contributed by atoms with van der Waals surface area (Å²) < 4.78 is 0. The fourth-order valence-corrected chi connectivity index (χ4v) is 2.04. The molecular weight excluding hydrogens is 252 g/mol. The van der Waals surface area contributed by atoms with Crippen molar-refractivity contribution >= 4 is 11.7 Å². The SMILES string of the molecule is Cc1ccc(C)c(C(=O)CN(C)CC(=O)NC(C)C)c1. The fourth-order valence-electron chi connectivity index (χ4n) is 2.04. The minimum Gasteiger partial charge on any atom is -0.353 e. The monoisotopic (exact) mass is 276 g/mol. The largest absolute Gasteiger partial charge is 0.353 e. The molecule has 0 atom stereocenters. The summed E-state index contributed by atoms with van der Waals surface area (Å²) in [5, 5.41) is 2.82. The molecule has 4 heteroatoms. The van der Waals surface area contributed by atoms with Crippen LogP contribution in [0.2, 0.25) is 0 Å². The van der Waals surface area contributed by atoms with Crippen LogP contribution in [0.4, 0.5) is 0 Å². The predicted octanol–water partition coefficient (Wildman–Crippen LogP) is 1.94. The number of aryl methyl sites for hydroxylation is 2. The number of hydrogen-bond acceptors (Lipinski definition) is 3. The molecule has 0 bridgehead atoms. The first kappa shape index (κ1) is 16.4. The lowest BCUT2D eigenvalue weighted by Gasteiger charge is -2.17. The first-order valence-corrected chi connectivity index (χ1v) is 6.88. The minimum atomic E-state index is -0.0590. The third-order valence-electron chi connectivity index (χ3n) is 2.97. The number of Topliss-reactive ketones (excluding diaryl/α,β-unsaturated/α-hetero) is 1. The first-order valence-electron chi connectivity index (χ1n) is 6.88. The van der Waals surface area contributed by atoms with Crippen LogP contribution in [0, 0.1) is 13.8 Å². The number of amides is 1. The van der Waals surface area contributed by atoms with Gasteiger partial charge in [0, 0.05) is 11.6 Å². The second-order valence-corrected chi connectivity index (χ2v) is 5.64. The van der Waals surface area contributed by atoms with Crippen molar-refractivity contribution in [1.82, 2.24) is 10.2 Å². The van der Waals surface area contributed by atoms with Crippen molar-refractivity contribution in [3.63, 3.8) is 0 Å². The van der Waals surface area contributed by atoms with Gasteiger partial charge >= 0.3 is 0 Å². The van der Waals surface area contributed by atoms with E-state index in [1.54, 1.807) is 11.9 Å². The molecular formula is C16H24N2O2. The normalized spacial score (nSPS) is 10.9. The highest BCUT2D eigenvalue weighted by atomic mass is 16.2. The van der Waals surface area contributed by atoms with E-state index in [0.717, 1.165) is 16.7 Å². The highest BCUT2D eigenvalue weighted by Crippen LogP contribution is 2.11.